The zero-order chi connectivity index (χ0) is 9.19. The molecular weight excluding hydrogens is 175 g/mol. The molecule has 0 aliphatic rings. The van der Waals surface area contributed by atoms with Crippen LogP contribution in [0, 0.1) is 0 Å². The third-order valence-electron chi connectivity index (χ3n) is 1.55. The van der Waals surface area contributed by atoms with E-state index >= 15 is 0 Å². The number of methoxy groups -OCH3 is 1. The zero-order valence-corrected chi connectivity index (χ0v) is 7.91. The number of ether oxygens (including phenoxy) is 1. The first-order valence-electron chi connectivity index (χ1n) is 3.49. The summed E-state index contributed by atoms with van der Waals surface area (Å²) < 4.78 is 16.0. The van der Waals surface area contributed by atoms with E-state index in [1.807, 2.05) is 0 Å². The lowest BCUT2D eigenvalue weighted by Gasteiger charge is -2.05. The molecule has 0 saturated carbocycles. The van der Waals surface area contributed by atoms with E-state index < -0.39 is 7.37 Å². The van der Waals surface area contributed by atoms with Crippen LogP contribution in [0.2, 0.25) is 0 Å². The molecule has 0 aliphatic heterocycles. The van der Waals surface area contributed by atoms with Crippen molar-refractivity contribution in [2.75, 3.05) is 13.8 Å². The van der Waals surface area contributed by atoms with E-state index in [4.69, 9.17) is 9.63 Å². The van der Waals surface area contributed by atoms with Crippen LogP contribution in [0.1, 0.15) is 0 Å². The summed E-state index contributed by atoms with van der Waals surface area (Å²) in [6.07, 6.45) is 0. The lowest BCUT2D eigenvalue weighted by atomic mass is 10.3. The molecule has 0 aliphatic carbocycles. The fourth-order valence-corrected chi connectivity index (χ4v) is 1.56. The Morgan fingerprint density at radius 2 is 1.83 bits per heavy atom. The monoisotopic (exact) mass is 186 g/mol. The Kier molecular flexibility index (Phi) is 2.55. The Hall–Kier alpha value is -0.790. The van der Waals surface area contributed by atoms with Crippen molar-refractivity contribution in [3.8, 4) is 5.75 Å². The molecule has 0 spiro atoms. The van der Waals surface area contributed by atoms with Crippen LogP contribution in [0.25, 0.3) is 0 Å². The number of rotatable bonds is 2. The van der Waals surface area contributed by atoms with Gasteiger partial charge in [-0.3, -0.25) is 4.57 Å². The van der Waals surface area contributed by atoms with Gasteiger partial charge in [-0.2, -0.15) is 0 Å². The normalized spacial score (nSPS) is 15.2. The highest BCUT2D eigenvalue weighted by molar-refractivity contribution is 7.65. The predicted octanol–water partition coefficient (Wildman–Crippen LogP) is 1.22. The molecule has 1 aromatic carbocycles. The van der Waals surface area contributed by atoms with Crippen molar-refractivity contribution < 1.29 is 14.2 Å². The molecule has 1 rings (SSSR count). The zero-order valence-electron chi connectivity index (χ0n) is 7.02. The van der Waals surface area contributed by atoms with Crippen LogP contribution in [0.15, 0.2) is 24.3 Å². The highest BCUT2D eigenvalue weighted by atomic mass is 31.2. The lowest BCUT2D eigenvalue weighted by Crippen LogP contribution is -2.01. The van der Waals surface area contributed by atoms with E-state index in [0.29, 0.717) is 11.1 Å². The van der Waals surface area contributed by atoms with Crippen LogP contribution in [0.3, 0.4) is 0 Å². The van der Waals surface area contributed by atoms with Crippen LogP contribution in [-0.4, -0.2) is 18.7 Å². The molecule has 12 heavy (non-hydrogen) atoms. The van der Waals surface area contributed by atoms with Gasteiger partial charge in [-0.05, 0) is 24.3 Å². The summed E-state index contributed by atoms with van der Waals surface area (Å²) in [6.45, 7) is 1.31. The Balaban J connectivity index is 3.01. The molecule has 3 nitrogen and oxygen atoms in total. The van der Waals surface area contributed by atoms with Crippen molar-refractivity contribution in [1.29, 1.82) is 0 Å². The second-order valence-corrected chi connectivity index (χ2v) is 4.85. The summed E-state index contributed by atoms with van der Waals surface area (Å²) >= 11 is 0. The summed E-state index contributed by atoms with van der Waals surface area (Å²) in [7, 11) is -1.55. The van der Waals surface area contributed by atoms with E-state index in [0.717, 1.165) is 0 Å². The molecule has 1 aromatic rings. The fraction of sp³-hybridized carbons (Fsp3) is 0.250. The average molecular weight is 186 g/mol. The molecule has 1 unspecified atom stereocenters. The maximum atomic E-state index is 11.1. The van der Waals surface area contributed by atoms with Crippen molar-refractivity contribution in [1.82, 2.24) is 0 Å². The van der Waals surface area contributed by atoms with Crippen LogP contribution >= 0.6 is 7.37 Å². The van der Waals surface area contributed by atoms with Crippen LogP contribution in [0.4, 0.5) is 0 Å². The summed E-state index contributed by atoms with van der Waals surface area (Å²) in [5.74, 6) is 0.687. The standard InChI is InChI=1S/C8H11O3P/c1-11-7-3-5-8(6-4-7)12(2,9)10/h3-6H,1-2H3,(H,9,10). The molecule has 0 saturated heterocycles. The van der Waals surface area contributed by atoms with Gasteiger partial charge in [-0.1, -0.05) is 0 Å². The molecule has 0 amide bonds. The SMILES string of the molecule is COc1ccc(P(C)(=O)O)cc1. The fourth-order valence-electron chi connectivity index (χ4n) is 0.859. The Morgan fingerprint density at radius 3 is 2.17 bits per heavy atom. The minimum atomic E-state index is -3.10. The Bertz CT molecular complexity index is 299. The van der Waals surface area contributed by atoms with Crippen LogP contribution < -0.4 is 10.0 Å². The Labute approximate surface area is 71.4 Å². The van der Waals surface area contributed by atoms with Gasteiger partial charge in [-0.15, -0.1) is 0 Å². The molecule has 0 bridgehead atoms. The first-order chi connectivity index (χ1) is 5.54. The summed E-state index contributed by atoms with van der Waals surface area (Å²) in [5.41, 5.74) is 0. The van der Waals surface area contributed by atoms with Crippen molar-refractivity contribution in [2.45, 2.75) is 0 Å². The molecule has 0 heterocycles. The third-order valence-corrected chi connectivity index (χ3v) is 2.81. The minimum absolute atomic E-state index is 0.448. The lowest BCUT2D eigenvalue weighted by molar-refractivity contribution is 0.415. The van der Waals surface area contributed by atoms with E-state index in [2.05, 4.69) is 0 Å². The van der Waals surface area contributed by atoms with Crippen molar-refractivity contribution in [3.63, 3.8) is 0 Å². The van der Waals surface area contributed by atoms with E-state index in [1.165, 1.54) is 6.66 Å². The van der Waals surface area contributed by atoms with Gasteiger partial charge in [0.1, 0.15) is 5.75 Å². The van der Waals surface area contributed by atoms with Crippen molar-refractivity contribution in [2.24, 2.45) is 0 Å². The number of benzene rings is 1. The van der Waals surface area contributed by atoms with E-state index in [-0.39, 0.29) is 0 Å². The first-order valence-corrected chi connectivity index (χ1v) is 5.59. The number of hydrogen-bond donors (Lipinski definition) is 1. The maximum absolute atomic E-state index is 11.1. The highest BCUT2D eigenvalue weighted by Crippen LogP contribution is 2.33. The summed E-state index contributed by atoms with van der Waals surface area (Å²) in [4.78, 5) is 9.17. The van der Waals surface area contributed by atoms with Crippen LogP contribution in [-0.2, 0) is 4.57 Å². The van der Waals surface area contributed by atoms with E-state index in [9.17, 15) is 4.57 Å². The van der Waals surface area contributed by atoms with Gasteiger partial charge < -0.3 is 9.63 Å². The largest absolute Gasteiger partial charge is 0.497 e. The van der Waals surface area contributed by atoms with Gasteiger partial charge in [0, 0.05) is 12.0 Å². The molecule has 0 radical (unpaired) electrons. The molecule has 1 N–H and O–H groups in total. The van der Waals surface area contributed by atoms with Crippen LogP contribution in [0.5, 0.6) is 5.75 Å². The van der Waals surface area contributed by atoms with Gasteiger partial charge in [0.2, 0.25) is 7.37 Å². The van der Waals surface area contributed by atoms with Gasteiger partial charge in [0.15, 0.2) is 0 Å². The molecule has 66 valence electrons. The topological polar surface area (TPSA) is 46.5 Å². The van der Waals surface area contributed by atoms with Gasteiger partial charge in [-0.25, -0.2) is 0 Å². The predicted molar refractivity (Wildman–Crippen MR) is 48.4 cm³/mol. The number of hydrogen-bond acceptors (Lipinski definition) is 2. The third kappa shape index (κ3) is 2.10. The quantitative estimate of drug-likeness (QED) is 0.706. The summed E-state index contributed by atoms with van der Waals surface area (Å²) in [6, 6.07) is 6.53. The average Bonchev–Trinajstić information content (AvgIpc) is 2.03. The minimum Gasteiger partial charge on any atom is -0.497 e. The van der Waals surface area contributed by atoms with Gasteiger partial charge in [0.25, 0.3) is 0 Å². The molecule has 4 heteroatoms. The van der Waals surface area contributed by atoms with Crippen molar-refractivity contribution in [3.05, 3.63) is 24.3 Å². The second-order valence-electron chi connectivity index (χ2n) is 2.58. The molecular formula is C8H11O3P. The molecule has 1 atom stereocenters. The van der Waals surface area contributed by atoms with E-state index in [1.54, 1.807) is 31.4 Å². The molecule has 0 fully saturated rings. The molecule has 0 aromatic heterocycles. The first kappa shape index (κ1) is 9.30. The Morgan fingerprint density at radius 1 is 1.33 bits per heavy atom. The van der Waals surface area contributed by atoms with Gasteiger partial charge >= 0.3 is 0 Å². The maximum Gasteiger partial charge on any atom is 0.226 e. The smallest absolute Gasteiger partial charge is 0.226 e. The van der Waals surface area contributed by atoms with Gasteiger partial charge in [0.05, 0.1) is 7.11 Å². The van der Waals surface area contributed by atoms with Crippen molar-refractivity contribution >= 4 is 12.7 Å². The summed E-state index contributed by atoms with van der Waals surface area (Å²) in [5, 5.41) is 0.448. The second kappa shape index (κ2) is 3.30. The highest BCUT2D eigenvalue weighted by Gasteiger charge is 2.12.